The van der Waals surface area contributed by atoms with E-state index < -0.39 is 0 Å². The van der Waals surface area contributed by atoms with E-state index in [1.807, 2.05) is 36.2 Å². The smallest absolute Gasteiger partial charge is 0.277 e. The van der Waals surface area contributed by atoms with Gasteiger partial charge in [0.1, 0.15) is 6.04 Å². The molecule has 0 aliphatic rings. The molecule has 144 valence electrons. The largest absolute Gasteiger partial charge is 0.334 e. The van der Waals surface area contributed by atoms with Crippen LogP contribution in [0.5, 0.6) is 0 Å². The Bertz CT molecular complexity index is 875. The van der Waals surface area contributed by atoms with Gasteiger partial charge in [0.25, 0.3) is 5.91 Å². The topological polar surface area (TPSA) is 36.9 Å². The molecule has 3 aromatic carbocycles. The van der Waals surface area contributed by atoms with Gasteiger partial charge in [0.2, 0.25) is 0 Å². The molecule has 3 nitrogen and oxygen atoms in total. The molecule has 0 spiro atoms. The molecule has 2 N–H and O–H groups in total. The third-order valence-electron chi connectivity index (χ3n) is 5.38. The second kappa shape index (κ2) is 9.34. The van der Waals surface area contributed by atoms with E-state index in [1.165, 1.54) is 16.7 Å². The van der Waals surface area contributed by atoms with Crippen molar-refractivity contribution in [3.05, 3.63) is 107 Å². The zero-order chi connectivity index (χ0) is 19.9. The molecule has 0 unspecified atom stereocenters. The van der Waals surface area contributed by atoms with Crippen molar-refractivity contribution in [3.63, 3.8) is 0 Å². The van der Waals surface area contributed by atoms with Gasteiger partial charge in [-0.15, -0.1) is 0 Å². The molecule has 0 aliphatic heterocycles. The van der Waals surface area contributed by atoms with E-state index >= 15 is 0 Å². The van der Waals surface area contributed by atoms with Crippen LogP contribution < -0.4 is 5.32 Å². The van der Waals surface area contributed by atoms with Gasteiger partial charge in [-0.05, 0) is 19.4 Å². The van der Waals surface area contributed by atoms with Crippen molar-refractivity contribution in [1.82, 2.24) is 4.90 Å². The molecule has 0 radical (unpaired) electrons. The van der Waals surface area contributed by atoms with Crippen LogP contribution in [0.25, 0.3) is 0 Å². The molecule has 28 heavy (non-hydrogen) atoms. The minimum Gasteiger partial charge on any atom is -0.334 e. The predicted molar refractivity (Wildman–Crippen MR) is 114 cm³/mol. The summed E-state index contributed by atoms with van der Waals surface area (Å²) < 4.78 is 0. The highest BCUT2D eigenvalue weighted by Crippen LogP contribution is 2.20. The first-order valence-corrected chi connectivity index (χ1v) is 9.81. The van der Waals surface area contributed by atoms with Crippen molar-refractivity contribution in [2.24, 2.45) is 0 Å². The van der Waals surface area contributed by atoms with E-state index in [1.54, 1.807) is 0 Å². The van der Waals surface area contributed by atoms with Crippen molar-refractivity contribution < 1.29 is 10.1 Å². The van der Waals surface area contributed by atoms with Gasteiger partial charge < -0.3 is 10.2 Å². The van der Waals surface area contributed by atoms with Gasteiger partial charge in [-0.2, -0.15) is 0 Å². The second-order valence-electron chi connectivity index (χ2n) is 7.33. The van der Waals surface area contributed by atoms with E-state index in [-0.39, 0.29) is 18.0 Å². The zero-order valence-corrected chi connectivity index (χ0v) is 16.9. The number of likely N-dealkylation sites (N-methyl/N-ethyl adjacent to an activating group) is 1. The maximum absolute atomic E-state index is 12.9. The van der Waals surface area contributed by atoms with Gasteiger partial charge in [0, 0.05) is 18.2 Å². The Labute approximate surface area is 168 Å². The average Bonchev–Trinajstić information content (AvgIpc) is 2.75. The summed E-state index contributed by atoms with van der Waals surface area (Å²) in [6, 6.07) is 29.3. The summed E-state index contributed by atoms with van der Waals surface area (Å²) in [5.74, 6) is 0.129. The van der Waals surface area contributed by atoms with Crippen LogP contribution in [-0.4, -0.2) is 24.4 Å². The number of carbonyl (C=O) groups excluding carboxylic acids is 1. The summed E-state index contributed by atoms with van der Waals surface area (Å²) in [6.45, 7) is 4.57. The fourth-order valence-electron chi connectivity index (χ4n) is 3.43. The molecule has 0 bridgehead atoms. The molecule has 1 amide bonds. The van der Waals surface area contributed by atoms with Crippen LogP contribution in [0.4, 0.5) is 0 Å². The maximum Gasteiger partial charge on any atom is 0.277 e. The van der Waals surface area contributed by atoms with E-state index in [0.29, 0.717) is 6.54 Å². The quantitative estimate of drug-likeness (QED) is 0.671. The molecule has 0 heterocycles. The number of quaternary nitrogens is 1. The zero-order valence-electron chi connectivity index (χ0n) is 16.9. The Morgan fingerprint density at radius 1 is 0.821 bits per heavy atom. The van der Waals surface area contributed by atoms with Crippen LogP contribution in [0.1, 0.15) is 41.3 Å². The SMILES string of the molecule is Cc1ccc([C@@H]([NH2+]CC(=O)N(C)[C@H](C)c2ccccc2)c2ccccc2)cc1. The molecule has 0 aromatic heterocycles. The fourth-order valence-corrected chi connectivity index (χ4v) is 3.43. The summed E-state index contributed by atoms with van der Waals surface area (Å²) in [6.07, 6.45) is 0. The Morgan fingerprint density at radius 3 is 1.89 bits per heavy atom. The summed E-state index contributed by atoms with van der Waals surface area (Å²) in [7, 11) is 1.89. The Hall–Kier alpha value is -2.91. The van der Waals surface area contributed by atoms with E-state index in [0.717, 1.165) is 5.56 Å². The van der Waals surface area contributed by atoms with E-state index in [2.05, 4.69) is 79.8 Å². The summed E-state index contributed by atoms with van der Waals surface area (Å²) in [4.78, 5) is 14.7. The number of amides is 1. The van der Waals surface area contributed by atoms with E-state index in [4.69, 9.17) is 0 Å². The number of aryl methyl sites for hydroxylation is 1. The molecular weight excluding hydrogens is 344 g/mol. The van der Waals surface area contributed by atoms with Gasteiger partial charge >= 0.3 is 0 Å². The normalized spacial score (nSPS) is 13.0. The number of rotatable bonds is 7. The lowest BCUT2D eigenvalue weighted by molar-refractivity contribution is -0.677. The number of carbonyl (C=O) groups is 1. The van der Waals surface area contributed by atoms with Gasteiger partial charge in [0.15, 0.2) is 6.54 Å². The first-order valence-electron chi connectivity index (χ1n) is 9.81. The molecule has 0 saturated heterocycles. The highest BCUT2D eigenvalue weighted by Gasteiger charge is 2.22. The molecular formula is C25H29N2O+. The van der Waals surface area contributed by atoms with Crippen LogP contribution in [0.2, 0.25) is 0 Å². The number of hydrogen-bond acceptors (Lipinski definition) is 1. The average molecular weight is 374 g/mol. The van der Waals surface area contributed by atoms with Crippen molar-refractivity contribution in [1.29, 1.82) is 0 Å². The lowest BCUT2D eigenvalue weighted by Crippen LogP contribution is -2.87. The molecule has 2 atom stereocenters. The summed E-state index contributed by atoms with van der Waals surface area (Å²) in [5, 5.41) is 2.14. The van der Waals surface area contributed by atoms with Crippen molar-refractivity contribution in [2.75, 3.05) is 13.6 Å². The number of benzene rings is 3. The first-order chi connectivity index (χ1) is 13.6. The van der Waals surface area contributed by atoms with Crippen LogP contribution in [0.15, 0.2) is 84.9 Å². The predicted octanol–water partition coefficient (Wildman–Crippen LogP) is 3.87. The van der Waals surface area contributed by atoms with Crippen molar-refractivity contribution in [3.8, 4) is 0 Å². The van der Waals surface area contributed by atoms with E-state index in [9.17, 15) is 4.79 Å². The van der Waals surface area contributed by atoms with Gasteiger partial charge in [-0.3, -0.25) is 4.79 Å². The van der Waals surface area contributed by atoms with Gasteiger partial charge in [-0.1, -0.05) is 90.5 Å². The van der Waals surface area contributed by atoms with Crippen LogP contribution in [0.3, 0.4) is 0 Å². The molecule has 3 rings (SSSR count). The maximum atomic E-state index is 12.9. The monoisotopic (exact) mass is 373 g/mol. The molecule has 3 heteroatoms. The fraction of sp³-hybridized carbons (Fsp3) is 0.240. The van der Waals surface area contributed by atoms with Crippen LogP contribution in [0, 0.1) is 6.92 Å². The lowest BCUT2D eigenvalue weighted by atomic mass is 9.98. The Kier molecular flexibility index (Phi) is 6.62. The third kappa shape index (κ3) is 4.87. The van der Waals surface area contributed by atoms with Crippen molar-refractivity contribution in [2.45, 2.75) is 25.9 Å². The van der Waals surface area contributed by atoms with Crippen molar-refractivity contribution >= 4 is 5.91 Å². The minimum absolute atomic E-state index is 0.0525. The standard InChI is InChI=1S/C25H28N2O/c1-19-14-16-23(17-15-19)25(22-12-8-5-9-13-22)26-18-24(28)27(3)20(2)21-10-6-4-7-11-21/h4-17,20,25-26H,18H2,1-3H3/p+1/t20-,25+/m1/s1. The number of nitrogens with zero attached hydrogens (tertiary/aromatic N) is 1. The first kappa shape index (κ1) is 19.8. The summed E-state index contributed by atoms with van der Waals surface area (Å²) >= 11 is 0. The van der Waals surface area contributed by atoms with Crippen LogP contribution in [-0.2, 0) is 4.79 Å². The van der Waals surface area contributed by atoms with Gasteiger partial charge in [-0.25, -0.2) is 0 Å². The highest BCUT2D eigenvalue weighted by molar-refractivity contribution is 5.77. The highest BCUT2D eigenvalue weighted by atomic mass is 16.2. The summed E-state index contributed by atoms with van der Waals surface area (Å²) in [5.41, 5.74) is 4.81. The second-order valence-corrected chi connectivity index (χ2v) is 7.33. The lowest BCUT2D eigenvalue weighted by Gasteiger charge is -2.26. The number of nitrogens with two attached hydrogens (primary N) is 1. The molecule has 0 saturated carbocycles. The van der Waals surface area contributed by atoms with Crippen LogP contribution >= 0.6 is 0 Å². The molecule has 0 fully saturated rings. The molecule has 0 aliphatic carbocycles. The Balaban J connectivity index is 1.72. The number of hydrogen-bond donors (Lipinski definition) is 1. The third-order valence-corrected chi connectivity index (χ3v) is 5.38. The molecule has 3 aromatic rings. The Morgan fingerprint density at radius 2 is 1.32 bits per heavy atom. The van der Waals surface area contributed by atoms with Gasteiger partial charge in [0.05, 0.1) is 6.04 Å². The minimum atomic E-state index is 0.0525.